The first-order valence-electron chi connectivity index (χ1n) is 5.47. The fraction of sp³-hybridized carbons (Fsp3) is 0. The highest BCUT2D eigenvalue weighted by Crippen LogP contribution is 2.25. The molecule has 0 spiro atoms. The molecule has 0 fully saturated rings. The molecule has 0 aromatic heterocycles. The van der Waals surface area contributed by atoms with Gasteiger partial charge in [-0.05, 0) is 33.7 Å². The van der Waals surface area contributed by atoms with Gasteiger partial charge in [-0.25, -0.2) is 0 Å². The monoisotopic (exact) mass is 221 g/mol. The zero-order valence-electron chi connectivity index (χ0n) is 9.18. The molecule has 0 atom stereocenters. The molecular formula is C15H11NO. The molecule has 2 nitrogen and oxygen atoms in total. The molecule has 0 saturated carbocycles. The molecule has 2 heteroatoms. The highest BCUT2D eigenvalue weighted by atomic mass is 16.1. The molecule has 2 N–H and O–H groups in total. The van der Waals surface area contributed by atoms with Crippen molar-refractivity contribution < 1.29 is 4.79 Å². The Hall–Kier alpha value is -2.35. The van der Waals surface area contributed by atoms with E-state index in [0.29, 0.717) is 5.56 Å². The minimum atomic E-state index is -0.389. The average molecular weight is 221 g/mol. The Labute approximate surface area is 98.7 Å². The number of hydrogen-bond donors (Lipinski definition) is 1. The van der Waals surface area contributed by atoms with Gasteiger partial charge in [0.15, 0.2) is 0 Å². The van der Waals surface area contributed by atoms with Crippen LogP contribution in [-0.2, 0) is 0 Å². The zero-order valence-corrected chi connectivity index (χ0v) is 9.18. The van der Waals surface area contributed by atoms with E-state index in [1.165, 1.54) is 5.39 Å². The van der Waals surface area contributed by atoms with Crippen molar-refractivity contribution in [2.75, 3.05) is 0 Å². The summed E-state index contributed by atoms with van der Waals surface area (Å²) in [6.45, 7) is 0. The number of carbonyl (C=O) groups is 1. The molecule has 1 amide bonds. The van der Waals surface area contributed by atoms with Crippen molar-refractivity contribution >= 4 is 27.5 Å². The van der Waals surface area contributed by atoms with Crippen molar-refractivity contribution in [3.63, 3.8) is 0 Å². The van der Waals surface area contributed by atoms with E-state index in [2.05, 4.69) is 24.3 Å². The van der Waals surface area contributed by atoms with E-state index in [-0.39, 0.29) is 5.91 Å². The van der Waals surface area contributed by atoms with Gasteiger partial charge in [0.1, 0.15) is 0 Å². The van der Waals surface area contributed by atoms with E-state index in [1.807, 2.05) is 24.3 Å². The van der Waals surface area contributed by atoms with Crippen molar-refractivity contribution in [3.05, 3.63) is 60.2 Å². The van der Waals surface area contributed by atoms with Crippen LogP contribution in [0.4, 0.5) is 0 Å². The van der Waals surface area contributed by atoms with Crippen LogP contribution in [0.1, 0.15) is 10.4 Å². The predicted octanol–water partition coefficient (Wildman–Crippen LogP) is 3.09. The van der Waals surface area contributed by atoms with Crippen LogP contribution >= 0.6 is 0 Å². The summed E-state index contributed by atoms with van der Waals surface area (Å²) >= 11 is 0. The van der Waals surface area contributed by atoms with Crippen LogP contribution in [0.5, 0.6) is 0 Å². The first kappa shape index (κ1) is 9.85. The molecule has 3 rings (SSSR count). The van der Waals surface area contributed by atoms with Crippen LogP contribution in [0.15, 0.2) is 54.6 Å². The summed E-state index contributed by atoms with van der Waals surface area (Å²) in [6, 6.07) is 17.8. The van der Waals surface area contributed by atoms with Crippen LogP contribution in [0.3, 0.4) is 0 Å². The quantitative estimate of drug-likeness (QED) is 0.630. The van der Waals surface area contributed by atoms with E-state index >= 15 is 0 Å². The second-order valence-corrected chi connectivity index (χ2v) is 4.09. The smallest absolute Gasteiger partial charge is 0.248 e. The minimum absolute atomic E-state index is 0.389. The fourth-order valence-electron chi connectivity index (χ4n) is 2.16. The molecule has 0 aliphatic carbocycles. The zero-order chi connectivity index (χ0) is 11.8. The number of primary amides is 1. The fourth-order valence-corrected chi connectivity index (χ4v) is 2.16. The summed E-state index contributed by atoms with van der Waals surface area (Å²) < 4.78 is 0. The van der Waals surface area contributed by atoms with Crippen LogP contribution in [0, 0.1) is 0 Å². The molecule has 0 radical (unpaired) electrons. The van der Waals surface area contributed by atoms with Crippen molar-refractivity contribution in [3.8, 4) is 0 Å². The Balaban J connectivity index is 2.46. The van der Waals surface area contributed by atoms with Gasteiger partial charge in [-0.1, -0.05) is 42.5 Å². The Morgan fingerprint density at radius 1 is 0.824 bits per heavy atom. The maximum atomic E-state index is 11.2. The van der Waals surface area contributed by atoms with Crippen LogP contribution in [0.2, 0.25) is 0 Å². The van der Waals surface area contributed by atoms with Crippen molar-refractivity contribution in [2.45, 2.75) is 0 Å². The van der Waals surface area contributed by atoms with Crippen molar-refractivity contribution in [1.82, 2.24) is 0 Å². The Morgan fingerprint density at radius 3 is 2.24 bits per heavy atom. The highest BCUT2D eigenvalue weighted by Gasteiger charge is 2.04. The largest absolute Gasteiger partial charge is 0.366 e. The first-order valence-corrected chi connectivity index (χ1v) is 5.47. The number of hydrogen-bond acceptors (Lipinski definition) is 1. The summed E-state index contributed by atoms with van der Waals surface area (Å²) in [5.74, 6) is -0.389. The third-order valence-corrected chi connectivity index (χ3v) is 3.03. The van der Waals surface area contributed by atoms with Gasteiger partial charge >= 0.3 is 0 Å². The van der Waals surface area contributed by atoms with Gasteiger partial charge in [0, 0.05) is 5.56 Å². The van der Waals surface area contributed by atoms with Gasteiger partial charge in [0.25, 0.3) is 0 Å². The second-order valence-electron chi connectivity index (χ2n) is 4.09. The molecule has 82 valence electrons. The summed E-state index contributed by atoms with van der Waals surface area (Å²) in [7, 11) is 0. The lowest BCUT2D eigenvalue weighted by Crippen LogP contribution is -2.10. The van der Waals surface area contributed by atoms with Crippen LogP contribution in [0.25, 0.3) is 21.5 Å². The van der Waals surface area contributed by atoms with Crippen molar-refractivity contribution in [2.24, 2.45) is 5.73 Å². The van der Waals surface area contributed by atoms with Gasteiger partial charge in [-0.3, -0.25) is 4.79 Å². The normalized spacial score (nSPS) is 10.8. The molecule has 0 bridgehead atoms. The molecule has 3 aromatic carbocycles. The summed E-state index contributed by atoms with van der Waals surface area (Å²) in [6.07, 6.45) is 0. The maximum Gasteiger partial charge on any atom is 0.248 e. The summed E-state index contributed by atoms with van der Waals surface area (Å²) in [5, 5.41) is 4.50. The molecule has 0 saturated heterocycles. The van der Waals surface area contributed by atoms with E-state index in [9.17, 15) is 4.79 Å². The minimum Gasteiger partial charge on any atom is -0.366 e. The molecular weight excluding hydrogens is 210 g/mol. The van der Waals surface area contributed by atoms with Gasteiger partial charge in [-0.15, -0.1) is 0 Å². The molecule has 0 aliphatic rings. The summed E-state index contributed by atoms with van der Waals surface area (Å²) in [4.78, 5) is 11.2. The Morgan fingerprint density at radius 2 is 1.47 bits per heavy atom. The Bertz CT molecular complexity index is 731. The summed E-state index contributed by atoms with van der Waals surface area (Å²) in [5.41, 5.74) is 5.86. The predicted molar refractivity (Wildman–Crippen MR) is 70.0 cm³/mol. The number of amides is 1. The number of nitrogens with two attached hydrogens (primary N) is 1. The van der Waals surface area contributed by atoms with Crippen LogP contribution in [-0.4, -0.2) is 5.91 Å². The van der Waals surface area contributed by atoms with E-state index in [1.54, 1.807) is 6.07 Å². The standard InChI is InChI=1S/C15H11NO/c16-15(17)12-8-7-11-6-5-10-3-1-2-4-13(10)14(11)9-12/h1-9H,(H2,16,17). The van der Waals surface area contributed by atoms with Crippen molar-refractivity contribution in [1.29, 1.82) is 0 Å². The molecule has 0 unspecified atom stereocenters. The number of rotatable bonds is 1. The molecule has 3 aromatic rings. The molecule has 17 heavy (non-hydrogen) atoms. The SMILES string of the molecule is NC(=O)c1ccc2ccc3ccccc3c2c1. The lowest BCUT2D eigenvalue weighted by atomic mass is 10.00. The topological polar surface area (TPSA) is 43.1 Å². The molecule has 0 aliphatic heterocycles. The first-order chi connectivity index (χ1) is 8.25. The Kier molecular flexibility index (Phi) is 2.08. The lowest BCUT2D eigenvalue weighted by Gasteiger charge is -2.05. The van der Waals surface area contributed by atoms with E-state index in [0.717, 1.165) is 16.2 Å². The third kappa shape index (κ3) is 1.54. The average Bonchev–Trinajstić information content (AvgIpc) is 2.38. The second kappa shape index (κ2) is 3.59. The van der Waals surface area contributed by atoms with Gasteiger partial charge < -0.3 is 5.73 Å². The van der Waals surface area contributed by atoms with E-state index < -0.39 is 0 Å². The number of carbonyl (C=O) groups excluding carboxylic acids is 1. The lowest BCUT2D eigenvalue weighted by molar-refractivity contribution is 0.100. The van der Waals surface area contributed by atoms with Crippen LogP contribution < -0.4 is 5.73 Å². The number of fused-ring (bicyclic) bond motifs is 3. The van der Waals surface area contributed by atoms with Gasteiger partial charge in [0.05, 0.1) is 0 Å². The van der Waals surface area contributed by atoms with Gasteiger partial charge in [-0.2, -0.15) is 0 Å². The third-order valence-electron chi connectivity index (χ3n) is 3.03. The van der Waals surface area contributed by atoms with E-state index in [4.69, 9.17) is 5.73 Å². The highest BCUT2D eigenvalue weighted by molar-refractivity contribution is 6.09. The maximum absolute atomic E-state index is 11.2. The number of benzene rings is 3. The van der Waals surface area contributed by atoms with Gasteiger partial charge in [0.2, 0.25) is 5.91 Å². The molecule has 0 heterocycles.